The van der Waals surface area contributed by atoms with Gasteiger partial charge in [-0.05, 0) is 38.6 Å². The highest BCUT2D eigenvalue weighted by Crippen LogP contribution is 2.19. The maximum atomic E-state index is 10.8. The fourth-order valence-electron chi connectivity index (χ4n) is 1.62. The largest absolute Gasteiger partial charge is 0.478 e. The van der Waals surface area contributed by atoms with Gasteiger partial charge >= 0.3 is 5.97 Å². The van der Waals surface area contributed by atoms with Crippen LogP contribution in [0.1, 0.15) is 29.8 Å². The van der Waals surface area contributed by atoms with Crippen LogP contribution in [0.25, 0.3) is 0 Å². The van der Waals surface area contributed by atoms with Crippen molar-refractivity contribution in [2.24, 2.45) is 0 Å². The fourth-order valence-corrected chi connectivity index (χ4v) is 1.86. The van der Waals surface area contributed by atoms with Gasteiger partial charge in [0.15, 0.2) is 0 Å². The van der Waals surface area contributed by atoms with Crippen LogP contribution in [0.2, 0.25) is 5.02 Å². The summed E-state index contributed by atoms with van der Waals surface area (Å²) >= 11 is 6.08. The van der Waals surface area contributed by atoms with Gasteiger partial charge in [0.05, 0.1) is 18.3 Å². The van der Waals surface area contributed by atoms with Gasteiger partial charge in [-0.25, -0.2) is 4.79 Å². The molecule has 0 fully saturated rings. The summed E-state index contributed by atoms with van der Waals surface area (Å²) in [5.41, 5.74) is 1.12. The lowest BCUT2D eigenvalue weighted by Gasteiger charge is -2.18. The van der Waals surface area contributed by atoms with E-state index >= 15 is 0 Å². The van der Waals surface area contributed by atoms with Crippen molar-refractivity contribution in [3.05, 3.63) is 34.3 Å². The molecule has 4 nitrogen and oxygen atoms in total. The third kappa shape index (κ3) is 5.59. The van der Waals surface area contributed by atoms with E-state index in [0.717, 1.165) is 12.1 Å². The lowest BCUT2D eigenvalue weighted by atomic mass is 10.1. The Morgan fingerprint density at radius 3 is 2.68 bits per heavy atom. The van der Waals surface area contributed by atoms with Crippen LogP contribution in [0.15, 0.2) is 18.2 Å². The zero-order valence-corrected chi connectivity index (χ0v) is 12.3. The monoisotopic (exact) mass is 285 g/mol. The second-order valence-electron chi connectivity index (χ2n) is 4.77. The van der Waals surface area contributed by atoms with E-state index in [0.29, 0.717) is 18.2 Å². The molecule has 0 aliphatic carbocycles. The Morgan fingerprint density at radius 1 is 1.47 bits per heavy atom. The lowest BCUT2D eigenvalue weighted by Crippen LogP contribution is -2.24. The van der Waals surface area contributed by atoms with Crippen molar-refractivity contribution in [2.75, 3.05) is 20.2 Å². The highest BCUT2D eigenvalue weighted by atomic mass is 35.5. The molecule has 0 bridgehead atoms. The lowest BCUT2D eigenvalue weighted by molar-refractivity contribution is 0.0627. The summed E-state index contributed by atoms with van der Waals surface area (Å²) in [5.74, 6) is -0.966. The number of halogens is 1. The van der Waals surface area contributed by atoms with Gasteiger partial charge in [-0.3, -0.25) is 4.90 Å². The molecule has 0 aliphatic rings. The summed E-state index contributed by atoms with van der Waals surface area (Å²) in [4.78, 5) is 12.9. The average molecular weight is 286 g/mol. The zero-order valence-electron chi connectivity index (χ0n) is 11.5. The molecular weight excluding hydrogens is 266 g/mol. The minimum Gasteiger partial charge on any atom is -0.478 e. The Labute approximate surface area is 118 Å². The van der Waals surface area contributed by atoms with Crippen LogP contribution in [0.5, 0.6) is 0 Å². The molecule has 1 rings (SSSR count). The van der Waals surface area contributed by atoms with Gasteiger partial charge in [-0.1, -0.05) is 17.7 Å². The van der Waals surface area contributed by atoms with Crippen molar-refractivity contribution >= 4 is 17.6 Å². The Balaban J connectivity index is 2.54. The molecule has 0 spiro atoms. The predicted octanol–water partition coefficient (Wildman–Crippen LogP) is 2.90. The fraction of sp³-hybridized carbons (Fsp3) is 0.500. The van der Waals surface area contributed by atoms with Gasteiger partial charge in [0.1, 0.15) is 0 Å². The van der Waals surface area contributed by atoms with E-state index < -0.39 is 5.97 Å². The minimum absolute atomic E-state index is 0.208. The molecule has 0 aliphatic heterocycles. The van der Waals surface area contributed by atoms with E-state index in [-0.39, 0.29) is 11.7 Å². The van der Waals surface area contributed by atoms with Crippen molar-refractivity contribution in [1.29, 1.82) is 0 Å². The molecule has 0 heterocycles. The van der Waals surface area contributed by atoms with E-state index in [1.165, 1.54) is 6.07 Å². The summed E-state index contributed by atoms with van der Waals surface area (Å²) in [6.07, 6.45) is 0.229. The summed E-state index contributed by atoms with van der Waals surface area (Å²) in [6, 6.07) is 4.81. The standard InChI is InChI=1S/C14H20ClNO3/c1-10(2)19-7-6-16(3)9-12-5-4-11(14(17)18)8-13(12)15/h4-5,8,10H,6-7,9H2,1-3H3,(H,17,18). The number of nitrogens with zero attached hydrogens (tertiary/aromatic N) is 1. The van der Waals surface area contributed by atoms with Crippen molar-refractivity contribution in [3.63, 3.8) is 0 Å². The highest BCUT2D eigenvalue weighted by Gasteiger charge is 2.09. The first-order valence-electron chi connectivity index (χ1n) is 6.22. The maximum Gasteiger partial charge on any atom is 0.335 e. The number of rotatable bonds is 7. The number of carbonyl (C=O) groups is 1. The summed E-state index contributed by atoms with van der Waals surface area (Å²) in [5, 5.41) is 9.35. The number of hydrogen-bond donors (Lipinski definition) is 1. The van der Waals surface area contributed by atoms with E-state index in [4.69, 9.17) is 21.4 Å². The van der Waals surface area contributed by atoms with E-state index in [2.05, 4.69) is 4.90 Å². The molecule has 0 radical (unpaired) electrons. The highest BCUT2D eigenvalue weighted by molar-refractivity contribution is 6.31. The molecule has 19 heavy (non-hydrogen) atoms. The van der Waals surface area contributed by atoms with Gasteiger partial charge in [0.2, 0.25) is 0 Å². The average Bonchev–Trinajstić information content (AvgIpc) is 2.31. The van der Waals surface area contributed by atoms with Crippen LogP contribution in [0, 0.1) is 0 Å². The van der Waals surface area contributed by atoms with Crippen molar-refractivity contribution in [3.8, 4) is 0 Å². The third-order valence-electron chi connectivity index (χ3n) is 2.66. The van der Waals surface area contributed by atoms with E-state index in [1.807, 2.05) is 20.9 Å². The minimum atomic E-state index is -0.966. The van der Waals surface area contributed by atoms with Gasteiger partial charge in [0.25, 0.3) is 0 Å². The molecule has 0 amide bonds. The van der Waals surface area contributed by atoms with Crippen LogP contribution in [-0.4, -0.2) is 42.3 Å². The van der Waals surface area contributed by atoms with Gasteiger partial charge in [-0.2, -0.15) is 0 Å². The second kappa shape index (κ2) is 7.48. The number of carboxylic acids is 1. The molecule has 0 unspecified atom stereocenters. The number of aromatic carboxylic acids is 1. The second-order valence-corrected chi connectivity index (χ2v) is 5.18. The van der Waals surface area contributed by atoms with Crippen molar-refractivity contribution in [1.82, 2.24) is 4.90 Å². The number of hydrogen-bond acceptors (Lipinski definition) is 3. The van der Waals surface area contributed by atoms with Crippen molar-refractivity contribution in [2.45, 2.75) is 26.5 Å². The SMILES string of the molecule is CC(C)OCCN(C)Cc1ccc(C(=O)O)cc1Cl. The van der Waals surface area contributed by atoms with Crippen LogP contribution in [0.4, 0.5) is 0 Å². The first-order chi connectivity index (χ1) is 8.90. The summed E-state index contributed by atoms with van der Waals surface area (Å²) in [6.45, 7) is 6.14. The molecule has 1 aromatic carbocycles. The van der Waals surface area contributed by atoms with Crippen LogP contribution < -0.4 is 0 Å². The quantitative estimate of drug-likeness (QED) is 0.837. The molecular formula is C14H20ClNO3. The molecule has 1 aromatic rings. The Kier molecular flexibility index (Phi) is 6.28. The normalized spacial score (nSPS) is 11.3. The molecule has 0 saturated heterocycles. The first kappa shape index (κ1) is 16.0. The Bertz CT molecular complexity index is 435. The number of benzene rings is 1. The summed E-state index contributed by atoms with van der Waals surface area (Å²) < 4.78 is 5.48. The van der Waals surface area contributed by atoms with Crippen LogP contribution >= 0.6 is 11.6 Å². The number of carboxylic acid groups (broad SMARTS) is 1. The van der Waals surface area contributed by atoms with E-state index in [1.54, 1.807) is 12.1 Å². The number of likely N-dealkylation sites (N-methyl/N-ethyl adjacent to an activating group) is 1. The molecule has 1 N–H and O–H groups in total. The Hall–Kier alpha value is -1.10. The molecule has 0 atom stereocenters. The van der Waals surface area contributed by atoms with Gasteiger partial charge in [0, 0.05) is 18.1 Å². The zero-order chi connectivity index (χ0) is 14.4. The van der Waals surface area contributed by atoms with E-state index in [9.17, 15) is 4.79 Å². The Morgan fingerprint density at radius 2 is 2.16 bits per heavy atom. The van der Waals surface area contributed by atoms with Gasteiger partial charge in [-0.15, -0.1) is 0 Å². The van der Waals surface area contributed by atoms with Crippen LogP contribution in [-0.2, 0) is 11.3 Å². The van der Waals surface area contributed by atoms with Crippen LogP contribution in [0.3, 0.4) is 0 Å². The molecule has 5 heteroatoms. The predicted molar refractivity (Wildman–Crippen MR) is 75.8 cm³/mol. The molecule has 0 aromatic heterocycles. The molecule has 0 saturated carbocycles. The topological polar surface area (TPSA) is 49.8 Å². The summed E-state index contributed by atoms with van der Waals surface area (Å²) in [7, 11) is 1.98. The smallest absolute Gasteiger partial charge is 0.335 e. The first-order valence-corrected chi connectivity index (χ1v) is 6.60. The third-order valence-corrected chi connectivity index (χ3v) is 3.02. The van der Waals surface area contributed by atoms with Crippen molar-refractivity contribution < 1.29 is 14.6 Å². The van der Waals surface area contributed by atoms with Gasteiger partial charge < -0.3 is 9.84 Å². The maximum absolute atomic E-state index is 10.8. The number of ether oxygens (including phenoxy) is 1. The molecule has 106 valence electrons.